The molecule has 0 aliphatic carbocycles. The Morgan fingerprint density at radius 3 is 2.64 bits per heavy atom. The predicted octanol–water partition coefficient (Wildman–Crippen LogP) is 3.16. The number of aromatic nitrogens is 1. The minimum Gasteiger partial charge on any atom is -0.361 e. The predicted molar refractivity (Wildman–Crippen MR) is 82.9 cm³/mol. The first-order chi connectivity index (χ1) is 10.4. The minimum atomic E-state index is -0.263. The number of hydrogen-bond donors (Lipinski definition) is 1. The number of urea groups is 1. The smallest absolute Gasteiger partial charge is 0.321 e. The van der Waals surface area contributed by atoms with Crippen molar-refractivity contribution in [3.05, 3.63) is 46.8 Å². The molecule has 1 heterocycles. The van der Waals surface area contributed by atoms with Gasteiger partial charge < -0.3 is 14.7 Å². The summed E-state index contributed by atoms with van der Waals surface area (Å²) < 4.78 is 5.09. The molecule has 0 spiro atoms. The van der Waals surface area contributed by atoms with Gasteiger partial charge in [-0.2, -0.15) is 0 Å². The number of Topliss-reactive ketones (excluding diaryl/α,β-unsaturated/α-hetero) is 1. The van der Waals surface area contributed by atoms with E-state index in [0.717, 1.165) is 11.3 Å². The molecule has 116 valence electrons. The van der Waals surface area contributed by atoms with E-state index in [2.05, 4.69) is 10.5 Å². The molecule has 6 heteroatoms. The van der Waals surface area contributed by atoms with Gasteiger partial charge in [-0.3, -0.25) is 4.79 Å². The molecule has 1 N–H and O–H groups in total. The highest BCUT2D eigenvalue weighted by atomic mass is 16.5. The molecule has 22 heavy (non-hydrogen) atoms. The zero-order valence-corrected chi connectivity index (χ0v) is 13.1. The Kier molecular flexibility index (Phi) is 4.60. The van der Waals surface area contributed by atoms with Gasteiger partial charge in [-0.05, 0) is 32.9 Å². The topological polar surface area (TPSA) is 75.4 Å². The molecule has 0 atom stereocenters. The maximum atomic E-state index is 12.2. The van der Waals surface area contributed by atoms with Crippen molar-refractivity contribution in [2.24, 2.45) is 0 Å². The lowest BCUT2D eigenvalue weighted by Gasteiger charge is -2.18. The Labute approximate surface area is 129 Å². The van der Waals surface area contributed by atoms with Gasteiger partial charge in [-0.1, -0.05) is 17.3 Å². The van der Waals surface area contributed by atoms with Crippen molar-refractivity contribution in [1.82, 2.24) is 10.1 Å². The van der Waals surface area contributed by atoms with E-state index < -0.39 is 0 Å². The second-order valence-electron chi connectivity index (χ2n) is 5.23. The molecule has 2 aromatic rings. The fourth-order valence-corrected chi connectivity index (χ4v) is 2.07. The SMILES string of the molecule is CC(=O)c1cccc(NC(=O)N(C)Cc2c(C)noc2C)c1. The number of anilines is 1. The van der Waals surface area contributed by atoms with Crippen molar-refractivity contribution < 1.29 is 14.1 Å². The molecule has 1 aromatic carbocycles. The first-order valence-corrected chi connectivity index (χ1v) is 6.93. The molecule has 0 unspecified atom stereocenters. The zero-order valence-electron chi connectivity index (χ0n) is 13.1. The van der Waals surface area contributed by atoms with Crippen LogP contribution in [0.2, 0.25) is 0 Å². The summed E-state index contributed by atoms with van der Waals surface area (Å²) >= 11 is 0. The molecule has 0 bridgehead atoms. The average Bonchev–Trinajstić information content (AvgIpc) is 2.79. The van der Waals surface area contributed by atoms with E-state index in [1.54, 1.807) is 31.3 Å². The summed E-state index contributed by atoms with van der Waals surface area (Å²) in [6.45, 7) is 5.55. The molecule has 0 aliphatic rings. The third-order valence-electron chi connectivity index (χ3n) is 3.44. The van der Waals surface area contributed by atoms with Crippen LogP contribution >= 0.6 is 0 Å². The van der Waals surface area contributed by atoms with Gasteiger partial charge in [0.2, 0.25) is 0 Å². The van der Waals surface area contributed by atoms with E-state index in [-0.39, 0.29) is 11.8 Å². The molecule has 0 radical (unpaired) electrons. The van der Waals surface area contributed by atoms with Gasteiger partial charge in [0, 0.05) is 23.9 Å². The van der Waals surface area contributed by atoms with Crippen LogP contribution in [0.4, 0.5) is 10.5 Å². The standard InChI is InChI=1S/C16H19N3O3/c1-10-15(12(3)22-18-10)9-19(4)16(21)17-14-7-5-6-13(8-14)11(2)20/h5-8H,9H2,1-4H3,(H,17,21). The van der Waals surface area contributed by atoms with Crippen molar-refractivity contribution in [2.45, 2.75) is 27.3 Å². The van der Waals surface area contributed by atoms with Crippen LogP contribution in [-0.2, 0) is 6.54 Å². The van der Waals surface area contributed by atoms with Crippen molar-refractivity contribution in [3.8, 4) is 0 Å². The van der Waals surface area contributed by atoms with Gasteiger partial charge in [0.15, 0.2) is 5.78 Å². The van der Waals surface area contributed by atoms with Gasteiger partial charge in [0.25, 0.3) is 0 Å². The van der Waals surface area contributed by atoms with Crippen LogP contribution in [-0.4, -0.2) is 28.9 Å². The summed E-state index contributed by atoms with van der Waals surface area (Å²) in [6.07, 6.45) is 0. The number of carbonyl (C=O) groups is 2. The lowest BCUT2D eigenvalue weighted by molar-refractivity contribution is 0.101. The van der Waals surface area contributed by atoms with Gasteiger partial charge in [0.05, 0.1) is 12.2 Å². The van der Waals surface area contributed by atoms with Crippen LogP contribution in [0.5, 0.6) is 0 Å². The molecule has 2 rings (SSSR count). The summed E-state index contributed by atoms with van der Waals surface area (Å²) in [5.74, 6) is 0.663. The van der Waals surface area contributed by atoms with E-state index >= 15 is 0 Å². The number of ketones is 1. The summed E-state index contributed by atoms with van der Waals surface area (Å²) in [5, 5.41) is 6.64. The Hall–Kier alpha value is -2.63. The van der Waals surface area contributed by atoms with Crippen LogP contribution < -0.4 is 5.32 Å². The quantitative estimate of drug-likeness (QED) is 0.880. The molecule has 2 amide bonds. The number of rotatable bonds is 4. The van der Waals surface area contributed by atoms with Crippen molar-refractivity contribution in [3.63, 3.8) is 0 Å². The van der Waals surface area contributed by atoms with E-state index in [9.17, 15) is 9.59 Å². The summed E-state index contributed by atoms with van der Waals surface area (Å²) in [7, 11) is 1.69. The monoisotopic (exact) mass is 301 g/mol. The summed E-state index contributed by atoms with van der Waals surface area (Å²) in [4.78, 5) is 25.1. The zero-order chi connectivity index (χ0) is 16.3. The van der Waals surface area contributed by atoms with Crippen molar-refractivity contribution in [1.29, 1.82) is 0 Å². The molecule has 0 saturated heterocycles. The number of nitrogens with zero attached hydrogens (tertiary/aromatic N) is 2. The Morgan fingerprint density at radius 2 is 2.05 bits per heavy atom. The molecular formula is C16H19N3O3. The number of benzene rings is 1. The third-order valence-corrected chi connectivity index (χ3v) is 3.44. The third kappa shape index (κ3) is 3.52. The largest absolute Gasteiger partial charge is 0.361 e. The Balaban J connectivity index is 2.05. The van der Waals surface area contributed by atoms with E-state index in [1.807, 2.05) is 13.8 Å². The van der Waals surface area contributed by atoms with E-state index in [0.29, 0.717) is 23.6 Å². The number of aryl methyl sites for hydroxylation is 2. The molecule has 0 aliphatic heterocycles. The van der Waals surface area contributed by atoms with E-state index in [4.69, 9.17) is 4.52 Å². The Morgan fingerprint density at radius 1 is 1.32 bits per heavy atom. The second-order valence-corrected chi connectivity index (χ2v) is 5.23. The van der Waals surface area contributed by atoms with Crippen LogP contribution in [0, 0.1) is 13.8 Å². The number of amides is 2. The molecule has 0 fully saturated rings. The second kappa shape index (κ2) is 6.43. The summed E-state index contributed by atoms with van der Waals surface area (Å²) in [6, 6.07) is 6.59. The van der Waals surface area contributed by atoms with Gasteiger partial charge >= 0.3 is 6.03 Å². The molecular weight excluding hydrogens is 282 g/mol. The number of carbonyl (C=O) groups excluding carboxylic acids is 2. The molecule has 0 saturated carbocycles. The maximum absolute atomic E-state index is 12.2. The summed E-state index contributed by atoms with van der Waals surface area (Å²) in [5.41, 5.74) is 2.82. The highest BCUT2D eigenvalue weighted by Gasteiger charge is 2.15. The lowest BCUT2D eigenvalue weighted by atomic mass is 10.1. The van der Waals surface area contributed by atoms with E-state index in [1.165, 1.54) is 11.8 Å². The van der Waals surface area contributed by atoms with Crippen LogP contribution in [0.1, 0.15) is 34.3 Å². The molecule has 6 nitrogen and oxygen atoms in total. The van der Waals surface area contributed by atoms with Gasteiger partial charge in [0.1, 0.15) is 5.76 Å². The number of hydrogen-bond acceptors (Lipinski definition) is 4. The highest BCUT2D eigenvalue weighted by molar-refractivity contribution is 5.96. The molecule has 1 aromatic heterocycles. The lowest BCUT2D eigenvalue weighted by Crippen LogP contribution is -2.31. The van der Waals surface area contributed by atoms with Crippen LogP contribution in [0.25, 0.3) is 0 Å². The maximum Gasteiger partial charge on any atom is 0.321 e. The highest BCUT2D eigenvalue weighted by Crippen LogP contribution is 2.16. The Bertz CT molecular complexity index is 687. The van der Waals surface area contributed by atoms with Crippen LogP contribution in [0.15, 0.2) is 28.8 Å². The fourth-order valence-electron chi connectivity index (χ4n) is 2.07. The first-order valence-electron chi connectivity index (χ1n) is 6.93. The minimum absolute atomic E-state index is 0.0415. The number of nitrogens with one attached hydrogen (secondary N) is 1. The van der Waals surface area contributed by atoms with Gasteiger partial charge in [-0.15, -0.1) is 0 Å². The normalized spacial score (nSPS) is 10.4. The van der Waals surface area contributed by atoms with Crippen LogP contribution in [0.3, 0.4) is 0 Å². The van der Waals surface area contributed by atoms with Gasteiger partial charge in [-0.25, -0.2) is 4.79 Å². The van der Waals surface area contributed by atoms with Crippen molar-refractivity contribution in [2.75, 3.05) is 12.4 Å². The first kappa shape index (κ1) is 15.8. The average molecular weight is 301 g/mol. The fraction of sp³-hybridized carbons (Fsp3) is 0.312. The van der Waals surface area contributed by atoms with Crippen molar-refractivity contribution >= 4 is 17.5 Å².